The average Bonchev–Trinajstić information content (AvgIpc) is 2.92. The maximum atomic E-state index is 14.8. The van der Waals surface area contributed by atoms with E-state index >= 15 is 0 Å². The van der Waals surface area contributed by atoms with Crippen molar-refractivity contribution >= 4 is 6.08 Å². The quantitative estimate of drug-likeness (QED) is 0.153. The van der Waals surface area contributed by atoms with Gasteiger partial charge in [-0.25, -0.2) is 18.7 Å². The third-order valence-electron chi connectivity index (χ3n) is 5.99. The molecule has 1 unspecified atom stereocenters. The van der Waals surface area contributed by atoms with E-state index in [0.29, 0.717) is 6.61 Å². The minimum atomic E-state index is -0.951. The maximum Gasteiger partial charge on any atom is 0.170 e. The molecular weight excluding hydrogens is 470 g/mol. The van der Waals surface area contributed by atoms with Crippen molar-refractivity contribution in [1.82, 2.24) is 9.97 Å². The van der Waals surface area contributed by atoms with Gasteiger partial charge < -0.3 is 9.47 Å². The largest absolute Gasteiger partial charge is 0.490 e. The second-order valence-corrected chi connectivity index (χ2v) is 8.97. The lowest BCUT2D eigenvalue weighted by atomic mass is 10.1. The predicted octanol–water partition coefficient (Wildman–Crippen LogP) is 8.43. The molecule has 0 radical (unpaired) electrons. The molecule has 0 aliphatic carbocycles. The molecule has 0 aliphatic heterocycles. The summed E-state index contributed by atoms with van der Waals surface area (Å²) in [5.41, 5.74) is 1.89. The van der Waals surface area contributed by atoms with Crippen molar-refractivity contribution in [2.75, 3.05) is 13.2 Å². The highest BCUT2D eigenvalue weighted by Crippen LogP contribution is 2.27. The number of aromatic nitrogens is 2. The molecule has 0 amide bonds. The standard InChI is InChI=1S/C31H36F2N2O2/c1-4-6-10-20-36-23(3)11-8-7-9-12-25-15-18-28(30(33)29(25)32)31-34-21-26(22-35-31)24-13-16-27(17-14-24)37-19-5-2/h5,9,12-18,21-23H,2,4,6-8,10-11,19-20H2,1,3H3. The number of benzene rings is 2. The molecule has 1 atom stereocenters. The van der Waals surface area contributed by atoms with E-state index in [1.165, 1.54) is 18.9 Å². The molecule has 6 heteroatoms. The molecule has 1 heterocycles. The number of allylic oxidation sites excluding steroid dienone is 1. The monoisotopic (exact) mass is 506 g/mol. The molecule has 0 spiro atoms. The molecule has 2 aromatic carbocycles. The van der Waals surface area contributed by atoms with Crippen molar-refractivity contribution in [3.05, 3.63) is 84.7 Å². The minimum Gasteiger partial charge on any atom is -0.490 e. The van der Waals surface area contributed by atoms with Crippen molar-refractivity contribution in [2.45, 2.75) is 58.5 Å². The van der Waals surface area contributed by atoms with Gasteiger partial charge in [0.25, 0.3) is 0 Å². The lowest BCUT2D eigenvalue weighted by Crippen LogP contribution is -2.08. The number of hydrogen-bond donors (Lipinski definition) is 0. The Labute approximate surface area is 219 Å². The molecule has 0 aliphatic rings. The SMILES string of the molecule is C=CCOc1ccc(-c2cnc(-c3ccc(C=CCCCC(C)OCCCCC)c(F)c3F)nc2)cc1. The normalized spacial score (nSPS) is 12.1. The maximum absolute atomic E-state index is 14.8. The Balaban J connectivity index is 1.56. The van der Waals surface area contributed by atoms with E-state index in [-0.39, 0.29) is 23.1 Å². The molecule has 0 bridgehead atoms. The highest BCUT2D eigenvalue weighted by atomic mass is 19.2. The third kappa shape index (κ3) is 8.60. The van der Waals surface area contributed by atoms with Crippen molar-refractivity contribution in [2.24, 2.45) is 0 Å². The average molecular weight is 507 g/mol. The van der Waals surface area contributed by atoms with Crippen LogP contribution in [-0.4, -0.2) is 29.3 Å². The van der Waals surface area contributed by atoms with Gasteiger partial charge in [-0.1, -0.05) is 62.8 Å². The number of rotatable bonds is 15. The van der Waals surface area contributed by atoms with Crippen LogP contribution in [0.3, 0.4) is 0 Å². The minimum absolute atomic E-state index is 0.0309. The summed E-state index contributed by atoms with van der Waals surface area (Å²) in [6.45, 7) is 9.11. The van der Waals surface area contributed by atoms with E-state index in [1.807, 2.05) is 30.3 Å². The molecule has 4 nitrogen and oxygen atoms in total. The first-order valence-corrected chi connectivity index (χ1v) is 13.0. The first kappa shape index (κ1) is 28.2. The van der Waals surface area contributed by atoms with Crippen LogP contribution in [0.4, 0.5) is 8.78 Å². The van der Waals surface area contributed by atoms with Crippen LogP contribution < -0.4 is 4.74 Å². The molecule has 1 aromatic heterocycles. The lowest BCUT2D eigenvalue weighted by molar-refractivity contribution is 0.0566. The summed E-state index contributed by atoms with van der Waals surface area (Å²) in [5, 5.41) is 0. The van der Waals surface area contributed by atoms with Crippen LogP contribution in [0.25, 0.3) is 28.6 Å². The van der Waals surface area contributed by atoms with E-state index in [2.05, 4.69) is 30.4 Å². The zero-order valence-corrected chi connectivity index (χ0v) is 21.8. The van der Waals surface area contributed by atoms with Gasteiger partial charge >= 0.3 is 0 Å². The van der Waals surface area contributed by atoms with Gasteiger partial charge in [0.1, 0.15) is 12.4 Å². The van der Waals surface area contributed by atoms with E-state index in [1.54, 1.807) is 30.6 Å². The van der Waals surface area contributed by atoms with E-state index < -0.39 is 11.6 Å². The van der Waals surface area contributed by atoms with Crippen LogP contribution in [0.2, 0.25) is 0 Å². The fraction of sp³-hybridized carbons (Fsp3) is 0.355. The van der Waals surface area contributed by atoms with E-state index in [0.717, 1.165) is 49.2 Å². The highest BCUT2D eigenvalue weighted by molar-refractivity contribution is 5.65. The topological polar surface area (TPSA) is 44.2 Å². The predicted molar refractivity (Wildman–Crippen MR) is 146 cm³/mol. The second kappa shape index (κ2) is 15.0. The number of halogens is 2. The smallest absolute Gasteiger partial charge is 0.170 e. The number of hydrogen-bond acceptors (Lipinski definition) is 4. The Kier molecular flexibility index (Phi) is 11.4. The molecular formula is C31H36F2N2O2. The van der Waals surface area contributed by atoms with Crippen molar-refractivity contribution < 1.29 is 18.3 Å². The zero-order valence-electron chi connectivity index (χ0n) is 21.8. The van der Waals surface area contributed by atoms with Gasteiger partial charge in [-0.05, 0) is 56.4 Å². The highest BCUT2D eigenvalue weighted by Gasteiger charge is 2.15. The molecule has 196 valence electrons. The summed E-state index contributed by atoms with van der Waals surface area (Å²) >= 11 is 0. The Morgan fingerprint density at radius 1 is 0.946 bits per heavy atom. The number of ether oxygens (including phenoxy) is 2. The fourth-order valence-electron chi connectivity index (χ4n) is 3.83. The Morgan fingerprint density at radius 3 is 2.41 bits per heavy atom. The molecule has 0 N–H and O–H groups in total. The van der Waals surface area contributed by atoms with Crippen LogP contribution in [0, 0.1) is 11.6 Å². The summed E-state index contributed by atoms with van der Waals surface area (Å²) in [4.78, 5) is 8.54. The van der Waals surface area contributed by atoms with Gasteiger partial charge in [0, 0.05) is 30.1 Å². The first-order valence-electron chi connectivity index (χ1n) is 13.0. The molecule has 0 fully saturated rings. The number of unbranched alkanes of at least 4 members (excludes halogenated alkanes) is 3. The van der Waals surface area contributed by atoms with Gasteiger partial charge in [-0.3, -0.25) is 0 Å². The molecule has 3 rings (SSSR count). The number of nitrogens with zero attached hydrogens (tertiary/aromatic N) is 2. The van der Waals surface area contributed by atoms with Crippen molar-refractivity contribution in [1.29, 1.82) is 0 Å². The second-order valence-electron chi connectivity index (χ2n) is 8.97. The van der Waals surface area contributed by atoms with Gasteiger partial charge in [0.05, 0.1) is 11.7 Å². The van der Waals surface area contributed by atoms with Crippen LogP contribution >= 0.6 is 0 Å². The first-order chi connectivity index (χ1) is 18.0. The summed E-state index contributed by atoms with van der Waals surface area (Å²) in [6.07, 6.45) is 14.7. The van der Waals surface area contributed by atoms with Gasteiger partial charge in [0.2, 0.25) is 0 Å². The summed E-state index contributed by atoms with van der Waals surface area (Å²) in [6, 6.07) is 10.5. The lowest BCUT2D eigenvalue weighted by Gasteiger charge is -2.12. The van der Waals surface area contributed by atoms with Gasteiger partial charge in [0.15, 0.2) is 17.5 Å². The van der Waals surface area contributed by atoms with Crippen LogP contribution in [0.5, 0.6) is 5.75 Å². The Bertz CT molecular complexity index is 1150. The molecule has 37 heavy (non-hydrogen) atoms. The van der Waals surface area contributed by atoms with Gasteiger partial charge in [-0.15, -0.1) is 0 Å². The molecule has 0 saturated carbocycles. The fourth-order valence-corrected chi connectivity index (χ4v) is 3.83. The zero-order chi connectivity index (χ0) is 26.5. The van der Waals surface area contributed by atoms with Crippen molar-refractivity contribution in [3.8, 4) is 28.3 Å². The van der Waals surface area contributed by atoms with Crippen LogP contribution in [0.15, 0.2) is 67.5 Å². The van der Waals surface area contributed by atoms with E-state index in [4.69, 9.17) is 9.47 Å². The summed E-state index contributed by atoms with van der Waals surface area (Å²) < 4.78 is 40.9. The molecule has 0 saturated heterocycles. The van der Waals surface area contributed by atoms with Gasteiger partial charge in [-0.2, -0.15) is 0 Å². The Morgan fingerprint density at radius 2 is 1.70 bits per heavy atom. The summed E-state index contributed by atoms with van der Waals surface area (Å²) in [5.74, 6) is -0.985. The van der Waals surface area contributed by atoms with Crippen LogP contribution in [0.1, 0.15) is 57.9 Å². The summed E-state index contributed by atoms with van der Waals surface area (Å²) in [7, 11) is 0. The third-order valence-corrected chi connectivity index (χ3v) is 5.99. The van der Waals surface area contributed by atoms with Crippen LogP contribution in [-0.2, 0) is 4.74 Å². The van der Waals surface area contributed by atoms with E-state index in [9.17, 15) is 8.78 Å². The Hall–Kier alpha value is -3.38. The van der Waals surface area contributed by atoms with Crippen molar-refractivity contribution in [3.63, 3.8) is 0 Å². The molecule has 3 aromatic rings.